The maximum absolute atomic E-state index is 12.2. The Bertz CT molecular complexity index is 1210. The Morgan fingerprint density at radius 2 is 1.42 bits per heavy atom. The van der Waals surface area contributed by atoms with E-state index in [0.29, 0.717) is 17.5 Å². The van der Waals surface area contributed by atoms with Gasteiger partial charge in [0.1, 0.15) is 11.3 Å². The first-order valence-electron chi connectivity index (χ1n) is 10.5. The van der Waals surface area contributed by atoms with Crippen molar-refractivity contribution in [3.05, 3.63) is 66.1 Å². The van der Waals surface area contributed by atoms with Crippen LogP contribution in [0.5, 0.6) is 5.75 Å². The van der Waals surface area contributed by atoms with Crippen molar-refractivity contribution >= 4 is 28.7 Å². The molecule has 0 bridgehead atoms. The number of amides is 1. The van der Waals surface area contributed by atoms with E-state index in [-0.39, 0.29) is 11.7 Å². The number of hydrogen-bond acceptors (Lipinski definition) is 6. The number of aliphatic carboxylic acids is 2. The van der Waals surface area contributed by atoms with Crippen LogP contribution in [0.25, 0.3) is 10.9 Å². The maximum Gasteiger partial charge on any atom is 0.490 e. The van der Waals surface area contributed by atoms with Crippen molar-refractivity contribution in [3.8, 4) is 5.75 Å². The third kappa shape index (κ3) is 9.91. The predicted octanol–water partition coefficient (Wildman–Crippen LogP) is 4.61. The van der Waals surface area contributed by atoms with Crippen LogP contribution in [0.1, 0.15) is 36.9 Å². The molecule has 0 spiro atoms. The Labute approximate surface area is 210 Å². The van der Waals surface area contributed by atoms with Crippen molar-refractivity contribution in [2.45, 2.75) is 38.2 Å². The molecule has 0 aliphatic carbocycles. The summed E-state index contributed by atoms with van der Waals surface area (Å²) in [5.74, 6) is -5.48. The van der Waals surface area contributed by atoms with Gasteiger partial charge in [0.15, 0.2) is 0 Å². The number of halogens is 6. The number of carboxylic acid groups (broad SMARTS) is 2. The minimum atomic E-state index is -5.08. The number of pyridine rings is 2. The molecule has 1 amide bonds. The monoisotopic (exact) mass is 549 g/mol. The number of carboxylic acids is 2. The number of fused-ring (bicyclic) bond motifs is 1. The molecule has 4 N–H and O–H groups in total. The van der Waals surface area contributed by atoms with Crippen LogP contribution in [0.3, 0.4) is 0 Å². The zero-order valence-electron chi connectivity index (χ0n) is 19.4. The van der Waals surface area contributed by atoms with E-state index in [2.05, 4.69) is 15.3 Å². The fourth-order valence-electron chi connectivity index (χ4n) is 2.74. The van der Waals surface area contributed by atoms with Crippen LogP contribution in [0, 0.1) is 0 Å². The van der Waals surface area contributed by atoms with Crippen molar-refractivity contribution in [2.24, 2.45) is 0 Å². The summed E-state index contributed by atoms with van der Waals surface area (Å²) in [6, 6.07) is 10.7. The molecule has 9 nitrogen and oxygen atoms in total. The summed E-state index contributed by atoms with van der Waals surface area (Å²) in [5, 5.41) is 28.8. The number of carbonyl (C=O) groups excluding carboxylic acids is 1. The van der Waals surface area contributed by atoms with Gasteiger partial charge in [-0.15, -0.1) is 0 Å². The molecule has 206 valence electrons. The van der Waals surface area contributed by atoms with E-state index in [1.165, 1.54) is 0 Å². The second-order valence-electron chi connectivity index (χ2n) is 7.22. The fourth-order valence-corrected chi connectivity index (χ4v) is 2.74. The zero-order chi connectivity index (χ0) is 29.1. The Morgan fingerprint density at radius 3 is 1.89 bits per heavy atom. The molecule has 15 heteroatoms. The molecule has 0 aliphatic rings. The average Bonchev–Trinajstić information content (AvgIpc) is 2.84. The number of nitrogens with zero attached hydrogens (tertiary/aromatic N) is 2. The maximum atomic E-state index is 12.2. The summed E-state index contributed by atoms with van der Waals surface area (Å²) in [7, 11) is 0. The summed E-state index contributed by atoms with van der Waals surface area (Å²) in [6.07, 6.45) is -3.98. The first-order valence-corrected chi connectivity index (χ1v) is 10.5. The summed E-state index contributed by atoms with van der Waals surface area (Å²) in [4.78, 5) is 38.2. The normalized spacial score (nSPS) is 11.8. The SMILES string of the molecule is CCCC(=O)NC(c1ccncc1)c1ccc2cccnc2c1O.O=C(O)C(F)(F)F.O=C(O)C(F)(F)F. The number of rotatable bonds is 5. The highest BCUT2D eigenvalue weighted by molar-refractivity contribution is 5.86. The second kappa shape index (κ2) is 13.8. The molecule has 0 fully saturated rings. The van der Waals surface area contributed by atoms with Gasteiger partial charge in [-0.05, 0) is 30.2 Å². The fraction of sp³-hybridized carbons (Fsp3) is 0.261. The Balaban J connectivity index is 0.000000426. The van der Waals surface area contributed by atoms with Gasteiger partial charge in [-0.3, -0.25) is 14.8 Å². The van der Waals surface area contributed by atoms with Gasteiger partial charge in [0.05, 0.1) is 6.04 Å². The van der Waals surface area contributed by atoms with Crippen molar-refractivity contribution in [3.63, 3.8) is 0 Å². The molecule has 2 heterocycles. The molecule has 0 saturated heterocycles. The number of carbonyl (C=O) groups is 3. The number of phenolic OH excluding ortho intramolecular Hbond substituents is 1. The highest BCUT2D eigenvalue weighted by atomic mass is 19.4. The third-order valence-corrected chi connectivity index (χ3v) is 4.40. The average molecular weight is 549 g/mol. The van der Waals surface area contributed by atoms with E-state index in [1.54, 1.807) is 18.6 Å². The molecule has 38 heavy (non-hydrogen) atoms. The molecule has 0 radical (unpaired) electrons. The molecule has 0 saturated carbocycles. The van der Waals surface area contributed by atoms with Gasteiger partial charge in [-0.1, -0.05) is 25.1 Å². The first kappa shape index (κ1) is 31.6. The van der Waals surface area contributed by atoms with E-state index in [4.69, 9.17) is 19.8 Å². The number of alkyl halides is 6. The molecule has 1 atom stereocenters. The molecule has 1 aromatic carbocycles. The lowest BCUT2D eigenvalue weighted by Gasteiger charge is -2.21. The highest BCUT2D eigenvalue weighted by Crippen LogP contribution is 2.34. The van der Waals surface area contributed by atoms with Gasteiger partial charge in [-0.2, -0.15) is 26.3 Å². The number of hydrogen-bond donors (Lipinski definition) is 4. The summed E-state index contributed by atoms with van der Waals surface area (Å²) in [6.45, 7) is 1.96. The number of benzene rings is 1. The summed E-state index contributed by atoms with van der Waals surface area (Å²) >= 11 is 0. The molecule has 3 aromatic rings. The number of aromatic hydroxyl groups is 1. The molecular formula is C23H21F6N3O6. The standard InChI is InChI=1S/C19H19N3O2.2C2HF3O2/c1-2-4-16(23)22-17(14-8-11-20-12-9-14)15-7-6-13-5-3-10-21-18(13)19(15)24;2*3-2(4,5)1(6)7/h3,5-12,17,24H,2,4H2,1H3,(H,22,23);2*(H,6,7). The first-order chi connectivity index (χ1) is 17.6. The lowest BCUT2D eigenvalue weighted by atomic mass is 9.96. The van der Waals surface area contributed by atoms with Gasteiger partial charge < -0.3 is 20.6 Å². The van der Waals surface area contributed by atoms with Crippen LogP contribution >= 0.6 is 0 Å². The van der Waals surface area contributed by atoms with Crippen molar-refractivity contribution in [1.29, 1.82) is 0 Å². The second-order valence-corrected chi connectivity index (χ2v) is 7.22. The topological polar surface area (TPSA) is 150 Å². The van der Waals surface area contributed by atoms with E-state index in [0.717, 1.165) is 17.4 Å². The van der Waals surface area contributed by atoms with Crippen LogP contribution in [-0.4, -0.2) is 55.5 Å². The molecule has 2 aromatic heterocycles. The van der Waals surface area contributed by atoms with Gasteiger partial charge in [0.25, 0.3) is 0 Å². The van der Waals surface area contributed by atoms with Crippen LogP contribution in [0.4, 0.5) is 26.3 Å². The minimum Gasteiger partial charge on any atom is -0.505 e. The molecule has 1 unspecified atom stereocenters. The zero-order valence-corrected chi connectivity index (χ0v) is 19.4. The Kier molecular flexibility index (Phi) is 11.4. The van der Waals surface area contributed by atoms with Crippen molar-refractivity contribution in [2.75, 3.05) is 0 Å². The van der Waals surface area contributed by atoms with Crippen LogP contribution < -0.4 is 5.32 Å². The Morgan fingerprint density at radius 1 is 0.895 bits per heavy atom. The highest BCUT2D eigenvalue weighted by Gasteiger charge is 2.38. The van der Waals surface area contributed by atoms with Crippen LogP contribution in [0.2, 0.25) is 0 Å². The summed E-state index contributed by atoms with van der Waals surface area (Å²) < 4.78 is 63.5. The quantitative estimate of drug-likeness (QED) is 0.337. The summed E-state index contributed by atoms with van der Waals surface area (Å²) in [5.41, 5.74) is 2.01. The predicted molar refractivity (Wildman–Crippen MR) is 120 cm³/mol. The molecule has 0 aliphatic heterocycles. The van der Waals surface area contributed by atoms with Crippen LogP contribution in [0.15, 0.2) is 55.0 Å². The molecular weight excluding hydrogens is 528 g/mol. The van der Waals surface area contributed by atoms with Gasteiger partial charge in [0.2, 0.25) is 5.91 Å². The smallest absolute Gasteiger partial charge is 0.490 e. The largest absolute Gasteiger partial charge is 0.505 e. The van der Waals surface area contributed by atoms with Gasteiger partial charge in [0, 0.05) is 36.0 Å². The van der Waals surface area contributed by atoms with Crippen molar-refractivity contribution < 1.29 is 56.0 Å². The van der Waals surface area contributed by atoms with Crippen LogP contribution in [-0.2, 0) is 14.4 Å². The lowest BCUT2D eigenvalue weighted by molar-refractivity contribution is -0.193. The van der Waals surface area contributed by atoms with Gasteiger partial charge >= 0.3 is 24.3 Å². The van der Waals surface area contributed by atoms with Crippen molar-refractivity contribution in [1.82, 2.24) is 15.3 Å². The van der Waals surface area contributed by atoms with E-state index in [9.17, 15) is 36.2 Å². The minimum absolute atomic E-state index is 0.0557. The number of aromatic nitrogens is 2. The Hall–Kier alpha value is -4.43. The van der Waals surface area contributed by atoms with Gasteiger partial charge in [-0.25, -0.2) is 9.59 Å². The number of nitrogens with one attached hydrogen (secondary N) is 1. The number of phenols is 1. The molecule has 3 rings (SSSR count). The lowest BCUT2D eigenvalue weighted by Crippen LogP contribution is -2.29. The van der Waals surface area contributed by atoms with E-state index >= 15 is 0 Å². The third-order valence-electron chi connectivity index (χ3n) is 4.40. The van der Waals surface area contributed by atoms with E-state index < -0.39 is 30.3 Å². The van der Waals surface area contributed by atoms with E-state index in [1.807, 2.05) is 43.3 Å².